The van der Waals surface area contributed by atoms with E-state index in [0.29, 0.717) is 0 Å². The Morgan fingerprint density at radius 2 is 1.88 bits per heavy atom. The first-order chi connectivity index (χ1) is 7.88. The van der Waals surface area contributed by atoms with Crippen molar-refractivity contribution >= 4 is 0 Å². The predicted molar refractivity (Wildman–Crippen MR) is 68.8 cm³/mol. The molecule has 0 aromatic carbocycles. The number of hydrogen-bond donors (Lipinski definition) is 1. The number of piperazine rings is 1. The smallest absolute Gasteiger partial charge is 0.0110 e. The third-order valence-corrected chi connectivity index (χ3v) is 4.16. The SMILES string of the molecule is CCN1CCN(CCC2CCCNC2)CC1. The molecule has 1 unspecified atom stereocenters. The molecule has 16 heavy (non-hydrogen) atoms. The summed E-state index contributed by atoms with van der Waals surface area (Å²) in [5.74, 6) is 0.943. The first-order valence-electron chi connectivity index (χ1n) is 7.04. The highest BCUT2D eigenvalue weighted by Crippen LogP contribution is 2.15. The molecule has 0 aromatic heterocycles. The van der Waals surface area contributed by atoms with Crippen molar-refractivity contribution in [3.63, 3.8) is 0 Å². The van der Waals surface area contributed by atoms with E-state index in [0.717, 1.165) is 5.92 Å². The van der Waals surface area contributed by atoms with Gasteiger partial charge in [0, 0.05) is 26.2 Å². The molecule has 0 aromatic rings. The van der Waals surface area contributed by atoms with E-state index in [9.17, 15) is 0 Å². The summed E-state index contributed by atoms with van der Waals surface area (Å²) < 4.78 is 0. The minimum atomic E-state index is 0.943. The van der Waals surface area contributed by atoms with Crippen LogP contribution in [0.4, 0.5) is 0 Å². The Bertz CT molecular complexity index is 182. The first kappa shape index (κ1) is 12.3. The van der Waals surface area contributed by atoms with E-state index in [4.69, 9.17) is 0 Å². The Kier molecular flexibility index (Phi) is 5.07. The number of piperidine rings is 1. The van der Waals surface area contributed by atoms with Gasteiger partial charge in [0.1, 0.15) is 0 Å². The van der Waals surface area contributed by atoms with Gasteiger partial charge in [0.25, 0.3) is 0 Å². The number of nitrogens with one attached hydrogen (secondary N) is 1. The maximum Gasteiger partial charge on any atom is 0.0110 e. The Labute approximate surface area is 100 Å². The lowest BCUT2D eigenvalue weighted by Gasteiger charge is -2.35. The van der Waals surface area contributed by atoms with Crippen LogP contribution in [0.25, 0.3) is 0 Å². The third kappa shape index (κ3) is 3.72. The maximum absolute atomic E-state index is 3.51. The van der Waals surface area contributed by atoms with Crippen LogP contribution in [-0.2, 0) is 0 Å². The molecule has 0 bridgehead atoms. The molecule has 1 N–H and O–H groups in total. The molecule has 0 saturated carbocycles. The Hall–Kier alpha value is -0.120. The van der Waals surface area contributed by atoms with Crippen LogP contribution in [0.1, 0.15) is 26.2 Å². The second-order valence-electron chi connectivity index (χ2n) is 5.28. The summed E-state index contributed by atoms with van der Waals surface area (Å²) in [6.45, 7) is 12.4. The number of likely N-dealkylation sites (N-methyl/N-ethyl adjacent to an activating group) is 1. The molecule has 2 saturated heterocycles. The van der Waals surface area contributed by atoms with Gasteiger partial charge in [-0.1, -0.05) is 6.92 Å². The summed E-state index contributed by atoms with van der Waals surface area (Å²) >= 11 is 0. The van der Waals surface area contributed by atoms with E-state index < -0.39 is 0 Å². The van der Waals surface area contributed by atoms with Crippen LogP contribution in [0.2, 0.25) is 0 Å². The van der Waals surface area contributed by atoms with E-state index >= 15 is 0 Å². The lowest BCUT2D eigenvalue weighted by Crippen LogP contribution is -2.46. The monoisotopic (exact) mass is 225 g/mol. The second-order valence-corrected chi connectivity index (χ2v) is 5.28. The van der Waals surface area contributed by atoms with E-state index in [1.54, 1.807) is 0 Å². The summed E-state index contributed by atoms with van der Waals surface area (Å²) in [4.78, 5) is 5.21. The zero-order chi connectivity index (χ0) is 11.2. The molecule has 3 nitrogen and oxygen atoms in total. The molecular weight excluding hydrogens is 198 g/mol. The number of rotatable bonds is 4. The maximum atomic E-state index is 3.51. The standard InChI is InChI=1S/C13H27N3/c1-2-15-8-10-16(11-9-15)7-5-13-4-3-6-14-12-13/h13-14H,2-12H2,1H3. The van der Waals surface area contributed by atoms with Crippen LogP contribution in [0, 0.1) is 5.92 Å². The van der Waals surface area contributed by atoms with Crippen molar-refractivity contribution in [1.82, 2.24) is 15.1 Å². The van der Waals surface area contributed by atoms with Gasteiger partial charge in [0.05, 0.1) is 0 Å². The minimum Gasteiger partial charge on any atom is -0.316 e. The Morgan fingerprint density at radius 1 is 1.12 bits per heavy atom. The average Bonchev–Trinajstić information content (AvgIpc) is 2.38. The zero-order valence-corrected chi connectivity index (χ0v) is 10.7. The molecule has 0 amide bonds. The average molecular weight is 225 g/mol. The van der Waals surface area contributed by atoms with Gasteiger partial charge < -0.3 is 15.1 Å². The molecular formula is C13H27N3. The highest BCUT2D eigenvalue weighted by atomic mass is 15.3. The third-order valence-electron chi connectivity index (χ3n) is 4.16. The summed E-state index contributed by atoms with van der Waals surface area (Å²) in [5.41, 5.74) is 0. The Balaban J connectivity index is 1.59. The van der Waals surface area contributed by atoms with Crippen molar-refractivity contribution in [2.75, 3.05) is 52.4 Å². The summed E-state index contributed by atoms with van der Waals surface area (Å²) in [6.07, 6.45) is 4.23. The molecule has 2 aliphatic rings. The molecule has 2 rings (SSSR count). The number of hydrogen-bond acceptors (Lipinski definition) is 3. The van der Waals surface area contributed by atoms with Crippen molar-refractivity contribution in [3.05, 3.63) is 0 Å². The van der Waals surface area contributed by atoms with Crippen LogP contribution in [-0.4, -0.2) is 62.2 Å². The van der Waals surface area contributed by atoms with Gasteiger partial charge in [-0.15, -0.1) is 0 Å². The van der Waals surface area contributed by atoms with Crippen LogP contribution >= 0.6 is 0 Å². The van der Waals surface area contributed by atoms with Crippen molar-refractivity contribution in [2.45, 2.75) is 26.2 Å². The molecule has 3 heteroatoms. The topological polar surface area (TPSA) is 18.5 Å². The highest BCUT2D eigenvalue weighted by molar-refractivity contribution is 4.74. The molecule has 0 radical (unpaired) electrons. The quantitative estimate of drug-likeness (QED) is 0.770. The van der Waals surface area contributed by atoms with Crippen molar-refractivity contribution in [2.24, 2.45) is 5.92 Å². The van der Waals surface area contributed by atoms with Gasteiger partial charge in [0.2, 0.25) is 0 Å². The molecule has 1 atom stereocenters. The molecule has 0 aliphatic carbocycles. The summed E-state index contributed by atoms with van der Waals surface area (Å²) in [6, 6.07) is 0. The van der Waals surface area contributed by atoms with Crippen LogP contribution in [0.3, 0.4) is 0 Å². The fourth-order valence-corrected chi connectivity index (χ4v) is 2.86. The molecule has 0 spiro atoms. The zero-order valence-electron chi connectivity index (χ0n) is 10.7. The van der Waals surface area contributed by atoms with E-state index in [2.05, 4.69) is 22.0 Å². The summed E-state index contributed by atoms with van der Waals surface area (Å²) in [7, 11) is 0. The van der Waals surface area contributed by atoms with Gasteiger partial charge in [-0.2, -0.15) is 0 Å². The lowest BCUT2D eigenvalue weighted by atomic mass is 9.96. The van der Waals surface area contributed by atoms with Gasteiger partial charge in [-0.25, -0.2) is 0 Å². The lowest BCUT2D eigenvalue weighted by molar-refractivity contribution is 0.129. The second kappa shape index (κ2) is 6.58. The minimum absolute atomic E-state index is 0.943. The fraction of sp³-hybridized carbons (Fsp3) is 1.00. The van der Waals surface area contributed by atoms with Gasteiger partial charge in [-0.3, -0.25) is 0 Å². The summed E-state index contributed by atoms with van der Waals surface area (Å²) in [5, 5.41) is 3.51. The van der Waals surface area contributed by atoms with Gasteiger partial charge in [0.15, 0.2) is 0 Å². The van der Waals surface area contributed by atoms with Crippen molar-refractivity contribution in [1.29, 1.82) is 0 Å². The number of nitrogens with zero attached hydrogens (tertiary/aromatic N) is 2. The molecule has 2 aliphatic heterocycles. The van der Waals surface area contributed by atoms with Crippen LogP contribution in [0.15, 0.2) is 0 Å². The van der Waals surface area contributed by atoms with Crippen molar-refractivity contribution in [3.8, 4) is 0 Å². The molecule has 2 heterocycles. The normalized spacial score (nSPS) is 29.4. The van der Waals surface area contributed by atoms with Gasteiger partial charge >= 0.3 is 0 Å². The van der Waals surface area contributed by atoms with E-state index in [1.165, 1.54) is 71.6 Å². The molecule has 94 valence electrons. The van der Waals surface area contributed by atoms with Crippen molar-refractivity contribution < 1.29 is 0 Å². The highest BCUT2D eigenvalue weighted by Gasteiger charge is 2.18. The Morgan fingerprint density at radius 3 is 2.50 bits per heavy atom. The molecule has 2 fully saturated rings. The largest absolute Gasteiger partial charge is 0.316 e. The van der Waals surface area contributed by atoms with E-state index in [-0.39, 0.29) is 0 Å². The first-order valence-corrected chi connectivity index (χ1v) is 7.04. The van der Waals surface area contributed by atoms with Crippen LogP contribution < -0.4 is 5.32 Å². The predicted octanol–water partition coefficient (Wildman–Crippen LogP) is 1.01. The van der Waals surface area contributed by atoms with Crippen LogP contribution in [0.5, 0.6) is 0 Å². The fourth-order valence-electron chi connectivity index (χ4n) is 2.86. The van der Waals surface area contributed by atoms with E-state index in [1.807, 2.05) is 0 Å². The van der Waals surface area contributed by atoms with Gasteiger partial charge in [-0.05, 0) is 51.4 Å².